The van der Waals surface area contributed by atoms with Crippen molar-refractivity contribution in [2.24, 2.45) is 0 Å². The van der Waals surface area contributed by atoms with Gasteiger partial charge in [0, 0.05) is 25.1 Å². The van der Waals surface area contributed by atoms with Gasteiger partial charge in [-0.2, -0.15) is 5.10 Å². The first-order valence-electron chi connectivity index (χ1n) is 9.46. The zero-order valence-electron chi connectivity index (χ0n) is 16.7. The smallest absolute Gasteiger partial charge is 0.238 e. The molecule has 8 heteroatoms. The summed E-state index contributed by atoms with van der Waals surface area (Å²) in [5.41, 5.74) is 1.19. The number of amides is 1. The number of hydrogen-bond acceptors (Lipinski definition) is 5. The van der Waals surface area contributed by atoms with Crippen LogP contribution in [0.15, 0.2) is 47.8 Å². The molecular formula is C20H26N6OS. The van der Waals surface area contributed by atoms with Crippen molar-refractivity contribution < 1.29 is 4.79 Å². The zero-order valence-corrected chi connectivity index (χ0v) is 17.5. The summed E-state index contributed by atoms with van der Waals surface area (Å²) in [5.74, 6) is 1.53. The summed E-state index contributed by atoms with van der Waals surface area (Å²) in [6, 6.07) is 12.2. The van der Waals surface area contributed by atoms with Crippen molar-refractivity contribution in [3.05, 3.63) is 54.0 Å². The number of nitrogens with zero attached hydrogens (tertiary/aromatic N) is 5. The molecule has 0 fully saturated rings. The van der Waals surface area contributed by atoms with Crippen LogP contribution in [0.25, 0.3) is 0 Å². The van der Waals surface area contributed by atoms with Crippen molar-refractivity contribution in [2.45, 2.75) is 57.1 Å². The molecule has 0 spiro atoms. The van der Waals surface area contributed by atoms with Crippen molar-refractivity contribution in [3.63, 3.8) is 0 Å². The second kappa shape index (κ2) is 9.05. The van der Waals surface area contributed by atoms with Crippen LogP contribution in [-0.2, 0) is 17.8 Å². The Morgan fingerprint density at radius 2 is 1.89 bits per heavy atom. The van der Waals surface area contributed by atoms with E-state index in [1.54, 1.807) is 10.9 Å². The lowest BCUT2D eigenvalue weighted by atomic mass is 10.1. The van der Waals surface area contributed by atoms with Crippen molar-refractivity contribution in [3.8, 4) is 0 Å². The lowest BCUT2D eigenvalue weighted by Crippen LogP contribution is -2.25. The lowest BCUT2D eigenvalue weighted by Gasteiger charge is -2.15. The molecule has 2 aromatic heterocycles. The van der Waals surface area contributed by atoms with Gasteiger partial charge in [-0.25, -0.2) is 4.68 Å². The Morgan fingerprint density at radius 3 is 2.57 bits per heavy atom. The maximum Gasteiger partial charge on any atom is 0.238 e. The molecule has 3 aromatic rings. The van der Waals surface area contributed by atoms with Crippen LogP contribution in [0, 0.1) is 0 Å². The maximum atomic E-state index is 12.7. The molecule has 0 radical (unpaired) electrons. The maximum absolute atomic E-state index is 12.7. The van der Waals surface area contributed by atoms with Crippen LogP contribution in [0.4, 0.5) is 5.82 Å². The Hall–Kier alpha value is -2.61. The number of carbonyl (C=O) groups is 1. The lowest BCUT2D eigenvalue weighted by molar-refractivity contribution is -0.115. The van der Waals surface area contributed by atoms with Crippen LogP contribution in [0.1, 0.15) is 45.1 Å². The van der Waals surface area contributed by atoms with Crippen LogP contribution in [-0.4, -0.2) is 35.7 Å². The number of rotatable bonds is 8. The fourth-order valence-corrected chi connectivity index (χ4v) is 3.83. The van der Waals surface area contributed by atoms with Gasteiger partial charge >= 0.3 is 0 Å². The van der Waals surface area contributed by atoms with Gasteiger partial charge in [0.15, 0.2) is 5.16 Å². The second-order valence-corrected chi connectivity index (χ2v) is 8.12. The van der Waals surface area contributed by atoms with Crippen molar-refractivity contribution in [1.82, 2.24) is 24.5 Å². The third kappa shape index (κ3) is 4.62. The average Bonchev–Trinajstić information content (AvgIpc) is 3.29. The molecule has 0 saturated heterocycles. The molecule has 3 rings (SSSR count). The van der Waals surface area contributed by atoms with E-state index in [1.165, 1.54) is 17.3 Å². The number of hydrogen-bond donors (Lipinski definition) is 1. The Morgan fingerprint density at radius 1 is 1.14 bits per heavy atom. The number of anilines is 1. The van der Waals surface area contributed by atoms with Gasteiger partial charge in [-0.05, 0) is 33.3 Å². The number of benzene rings is 1. The molecule has 1 amide bonds. The van der Waals surface area contributed by atoms with Gasteiger partial charge in [0.2, 0.25) is 5.91 Å². The Bertz CT molecular complexity index is 918. The summed E-state index contributed by atoms with van der Waals surface area (Å²) < 4.78 is 3.86. The van der Waals surface area contributed by atoms with Crippen LogP contribution in [0.2, 0.25) is 0 Å². The monoisotopic (exact) mass is 398 g/mol. The highest BCUT2D eigenvalue weighted by Gasteiger charge is 2.21. The Balaban J connectivity index is 1.69. The van der Waals surface area contributed by atoms with Gasteiger partial charge < -0.3 is 9.88 Å². The SMILES string of the molecule is CCn1c(Cc2ccccc2)nnc1SC(C)C(=O)Nc1ccnn1C(C)C. The Labute approximate surface area is 169 Å². The molecule has 1 unspecified atom stereocenters. The van der Waals surface area contributed by atoms with E-state index in [-0.39, 0.29) is 17.2 Å². The van der Waals surface area contributed by atoms with Crippen molar-refractivity contribution in [1.29, 1.82) is 0 Å². The fraction of sp³-hybridized carbons (Fsp3) is 0.400. The molecule has 7 nitrogen and oxygen atoms in total. The molecular weight excluding hydrogens is 372 g/mol. The third-order valence-electron chi connectivity index (χ3n) is 4.38. The molecule has 1 aromatic carbocycles. The summed E-state index contributed by atoms with van der Waals surface area (Å²) in [6.45, 7) is 8.75. The largest absolute Gasteiger partial charge is 0.310 e. The molecule has 28 heavy (non-hydrogen) atoms. The van der Waals surface area contributed by atoms with Crippen LogP contribution in [0.3, 0.4) is 0 Å². The van der Waals surface area contributed by atoms with Gasteiger partial charge in [-0.3, -0.25) is 4.79 Å². The molecule has 148 valence electrons. The minimum Gasteiger partial charge on any atom is -0.310 e. The molecule has 0 saturated carbocycles. The molecule has 0 aliphatic carbocycles. The van der Waals surface area contributed by atoms with E-state index in [9.17, 15) is 4.79 Å². The van der Waals surface area contributed by atoms with E-state index in [0.717, 1.165) is 23.9 Å². The third-order valence-corrected chi connectivity index (χ3v) is 5.46. The van der Waals surface area contributed by atoms with Crippen LogP contribution < -0.4 is 5.32 Å². The van der Waals surface area contributed by atoms with E-state index >= 15 is 0 Å². The highest BCUT2D eigenvalue weighted by molar-refractivity contribution is 8.00. The van der Waals surface area contributed by atoms with Crippen molar-refractivity contribution in [2.75, 3.05) is 5.32 Å². The van der Waals surface area contributed by atoms with Crippen molar-refractivity contribution >= 4 is 23.5 Å². The van der Waals surface area contributed by atoms with E-state index in [0.29, 0.717) is 5.82 Å². The number of nitrogens with one attached hydrogen (secondary N) is 1. The molecule has 0 aliphatic heterocycles. The number of carbonyl (C=O) groups excluding carboxylic acids is 1. The van der Waals surface area contributed by atoms with Gasteiger partial charge in [-0.15, -0.1) is 10.2 Å². The molecule has 1 N–H and O–H groups in total. The highest BCUT2D eigenvalue weighted by Crippen LogP contribution is 2.24. The van der Waals surface area contributed by atoms with E-state index in [4.69, 9.17) is 0 Å². The Kier molecular flexibility index (Phi) is 6.51. The number of thioether (sulfide) groups is 1. The first-order valence-corrected chi connectivity index (χ1v) is 10.3. The second-order valence-electron chi connectivity index (χ2n) is 6.81. The molecule has 2 heterocycles. The first-order chi connectivity index (χ1) is 13.5. The topological polar surface area (TPSA) is 77.6 Å². The molecule has 0 bridgehead atoms. The predicted molar refractivity (Wildman–Crippen MR) is 112 cm³/mol. The minimum atomic E-state index is -0.311. The van der Waals surface area contributed by atoms with Gasteiger partial charge in [0.25, 0.3) is 0 Å². The minimum absolute atomic E-state index is 0.0809. The van der Waals surface area contributed by atoms with E-state index < -0.39 is 0 Å². The van der Waals surface area contributed by atoms with E-state index in [2.05, 4.69) is 44.2 Å². The summed E-state index contributed by atoms with van der Waals surface area (Å²) in [5, 5.41) is 16.3. The highest BCUT2D eigenvalue weighted by atomic mass is 32.2. The summed E-state index contributed by atoms with van der Waals surface area (Å²) in [7, 11) is 0. The predicted octanol–water partition coefficient (Wildman–Crippen LogP) is 3.79. The molecule has 1 atom stereocenters. The summed E-state index contributed by atoms with van der Waals surface area (Å²) in [6.07, 6.45) is 2.41. The number of aromatic nitrogens is 5. The van der Waals surface area contributed by atoms with E-state index in [1.807, 2.05) is 45.0 Å². The van der Waals surface area contributed by atoms with Crippen LogP contribution >= 0.6 is 11.8 Å². The average molecular weight is 399 g/mol. The quantitative estimate of drug-likeness (QED) is 0.584. The standard InChI is InChI=1S/C20H26N6OS/c1-5-25-18(13-16-9-7-6-8-10-16)23-24-20(25)28-15(4)19(27)22-17-11-12-21-26(17)14(2)3/h6-12,14-15H,5,13H2,1-4H3,(H,22,27). The summed E-state index contributed by atoms with van der Waals surface area (Å²) >= 11 is 1.42. The normalized spacial score (nSPS) is 12.3. The van der Waals surface area contributed by atoms with Gasteiger partial charge in [0.05, 0.1) is 11.4 Å². The first kappa shape index (κ1) is 20.1. The van der Waals surface area contributed by atoms with Gasteiger partial charge in [-0.1, -0.05) is 42.1 Å². The van der Waals surface area contributed by atoms with Crippen LogP contribution in [0.5, 0.6) is 0 Å². The molecule has 0 aliphatic rings. The fourth-order valence-electron chi connectivity index (χ4n) is 2.90. The zero-order chi connectivity index (χ0) is 20.1. The summed E-state index contributed by atoms with van der Waals surface area (Å²) in [4.78, 5) is 12.7. The van der Waals surface area contributed by atoms with Gasteiger partial charge in [0.1, 0.15) is 11.6 Å².